The Hall–Kier alpha value is -1.73. The third-order valence-electron chi connectivity index (χ3n) is 4.64. The minimum Gasteiger partial charge on any atom is -0.480 e. The van der Waals surface area contributed by atoms with Crippen LogP contribution in [0.5, 0.6) is 0 Å². The van der Waals surface area contributed by atoms with E-state index in [9.17, 15) is 14.7 Å². The molecule has 0 aliphatic heterocycles. The fourth-order valence-corrected chi connectivity index (χ4v) is 4.74. The van der Waals surface area contributed by atoms with Gasteiger partial charge in [-0.25, -0.2) is 9.78 Å². The molecule has 3 rings (SSSR count). The second-order valence-electron chi connectivity index (χ2n) is 6.99. The minimum atomic E-state index is -1.02. The standard InChI is InChI=1S/C17H23N3O3S/c1-9-5-6-11-12(7-9)24-15-14(11)16(21)20(10(2)17(22)23)13(18-15)8-19(3)4/h9-10H,5-8H2,1-4H3,(H,22,23). The first-order valence-electron chi connectivity index (χ1n) is 8.22. The van der Waals surface area contributed by atoms with E-state index < -0.39 is 12.0 Å². The molecular formula is C17H23N3O3S. The molecule has 2 heterocycles. The van der Waals surface area contributed by atoms with E-state index in [0.29, 0.717) is 23.7 Å². The molecule has 130 valence electrons. The van der Waals surface area contributed by atoms with Gasteiger partial charge in [0.1, 0.15) is 16.7 Å². The molecule has 1 aliphatic carbocycles. The minimum absolute atomic E-state index is 0.209. The van der Waals surface area contributed by atoms with Crippen molar-refractivity contribution in [2.24, 2.45) is 5.92 Å². The molecule has 0 amide bonds. The summed E-state index contributed by atoms with van der Waals surface area (Å²) >= 11 is 1.60. The summed E-state index contributed by atoms with van der Waals surface area (Å²) in [5, 5.41) is 10.1. The number of rotatable bonds is 4. The van der Waals surface area contributed by atoms with E-state index in [1.807, 2.05) is 19.0 Å². The van der Waals surface area contributed by atoms with Crippen LogP contribution in [0.25, 0.3) is 10.2 Å². The predicted molar refractivity (Wildman–Crippen MR) is 94.8 cm³/mol. The Labute approximate surface area is 144 Å². The van der Waals surface area contributed by atoms with Crippen LogP contribution in [-0.2, 0) is 24.2 Å². The van der Waals surface area contributed by atoms with Crippen molar-refractivity contribution in [3.63, 3.8) is 0 Å². The van der Waals surface area contributed by atoms with Crippen LogP contribution < -0.4 is 5.56 Å². The highest BCUT2D eigenvalue weighted by molar-refractivity contribution is 7.18. The van der Waals surface area contributed by atoms with Gasteiger partial charge in [-0.05, 0) is 51.8 Å². The van der Waals surface area contributed by atoms with Crippen molar-refractivity contribution in [3.05, 3.63) is 26.6 Å². The van der Waals surface area contributed by atoms with Gasteiger partial charge in [-0.1, -0.05) is 6.92 Å². The third kappa shape index (κ3) is 2.86. The fraction of sp³-hybridized carbons (Fsp3) is 0.588. The van der Waals surface area contributed by atoms with Gasteiger partial charge in [-0.2, -0.15) is 0 Å². The Morgan fingerprint density at radius 2 is 2.21 bits per heavy atom. The SMILES string of the molecule is CC1CCc2c(sc3nc(CN(C)C)n(C(C)C(=O)O)c(=O)c23)C1. The van der Waals surface area contributed by atoms with Crippen molar-refractivity contribution in [1.29, 1.82) is 0 Å². The smallest absolute Gasteiger partial charge is 0.326 e. The van der Waals surface area contributed by atoms with Crippen molar-refractivity contribution < 1.29 is 9.90 Å². The highest BCUT2D eigenvalue weighted by Crippen LogP contribution is 2.36. The number of aliphatic carboxylic acids is 1. The Bertz CT molecular complexity index is 853. The number of aryl methyl sites for hydroxylation is 1. The van der Waals surface area contributed by atoms with E-state index in [1.54, 1.807) is 11.3 Å². The average molecular weight is 349 g/mol. The molecule has 2 atom stereocenters. The Morgan fingerprint density at radius 3 is 2.83 bits per heavy atom. The van der Waals surface area contributed by atoms with Crippen molar-refractivity contribution in [3.8, 4) is 0 Å². The number of hydrogen-bond acceptors (Lipinski definition) is 5. The zero-order chi connectivity index (χ0) is 17.6. The van der Waals surface area contributed by atoms with Crippen LogP contribution in [0.4, 0.5) is 0 Å². The summed E-state index contributed by atoms with van der Waals surface area (Å²) in [7, 11) is 3.76. The maximum absolute atomic E-state index is 13.1. The van der Waals surface area contributed by atoms with E-state index in [-0.39, 0.29) is 5.56 Å². The van der Waals surface area contributed by atoms with Gasteiger partial charge in [0.2, 0.25) is 0 Å². The van der Waals surface area contributed by atoms with Crippen LogP contribution in [0.15, 0.2) is 4.79 Å². The van der Waals surface area contributed by atoms with Crippen molar-refractivity contribution in [2.45, 2.75) is 45.7 Å². The first-order chi connectivity index (χ1) is 11.3. The molecular weight excluding hydrogens is 326 g/mol. The summed E-state index contributed by atoms with van der Waals surface area (Å²) in [5.41, 5.74) is 0.882. The number of nitrogens with zero attached hydrogens (tertiary/aromatic N) is 3. The van der Waals surface area contributed by atoms with Crippen LogP contribution in [0.1, 0.15) is 42.6 Å². The molecule has 0 bridgehead atoms. The van der Waals surface area contributed by atoms with E-state index in [0.717, 1.165) is 29.7 Å². The molecule has 0 saturated heterocycles. The second kappa shape index (κ2) is 6.29. The lowest BCUT2D eigenvalue weighted by atomic mass is 9.89. The summed E-state index contributed by atoms with van der Waals surface area (Å²) in [6, 6.07) is -0.928. The monoisotopic (exact) mass is 349 g/mol. The van der Waals surface area contributed by atoms with Crippen molar-refractivity contribution in [2.75, 3.05) is 14.1 Å². The lowest BCUT2D eigenvalue weighted by molar-refractivity contribution is -0.140. The average Bonchev–Trinajstić information content (AvgIpc) is 2.83. The van der Waals surface area contributed by atoms with Gasteiger partial charge in [0.15, 0.2) is 0 Å². The summed E-state index contributed by atoms with van der Waals surface area (Å²) in [6.07, 6.45) is 2.92. The van der Waals surface area contributed by atoms with E-state index in [1.165, 1.54) is 16.4 Å². The summed E-state index contributed by atoms with van der Waals surface area (Å²) in [6.45, 7) is 4.20. The van der Waals surface area contributed by atoms with Gasteiger partial charge in [0.25, 0.3) is 5.56 Å². The normalized spacial score (nSPS) is 18.8. The van der Waals surface area contributed by atoms with Gasteiger partial charge >= 0.3 is 5.97 Å². The van der Waals surface area contributed by atoms with E-state index in [4.69, 9.17) is 0 Å². The maximum Gasteiger partial charge on any atom is 0.326 e. The molecule has 2 aromatic heterocycles. The molecule has 0 radical (unpaired) electrons. The molecule has 0 aromatic carbocycles. The summed E-state index contributed by atoms with van der Waals surface area (Å²) in [5.74, 6) is 0.113. The molecule has 6 nitrogen and oxygen atoms in total. The molecule has 7 heteroatoms. The molecule has 2 aromatic rings. The van der Waals surface area contributed by atoms with Gasteiger partial charge in [0.05, 0.1) is 11.9 Å². The number of thiophene rings is 1. The maximum atomic E-state index is 13.1. The molecule has 24 heavy (non-hydrogen) atoms. The highest BCUT2D eigenvalue weighted by Gasteiger charge is 2.27. The highest BCUT2D eigenvalue weighted by atomic mass is 32.1. The molecule has 2 unspecified atom stereocenters. The van der Waals surface area contributed by atoms with Crippen molar-refractivity contribution in [1.82, 2.24) is 14.5 Å². The molecule has 0 fully saturated rings. The lowest BCUT2D eigenvalue weighted by Gasteiger charge is -2.19. The number of hydrogen-bond donors (Lipinski definition) is 1. The third-order valence-corrected chi connectivity index (χ3v) is 5.79. The second-order valence-corrected chi connectivity index (χ2v) is 8.07. The summed E-state index contributed by atoms with van der Waals surface area (Å²) in [4.78, 5) is 33.2. The zero-order valence-electron chi connectivity index (χ0n) is 14.5. The topological polar surface area (TPSA) is 75.4 Å². The Kier molecular flexibility index (Phi) is 4.48. The van der Waals surface area contributed by atoms with Gasteiger partial charge < -0.3 is 10.0 Å². The number of fused-ring (bicyclic) bond motifs is 3. The van der Waals surface area contributed by atoms with Gasteiger partial charge in [-0.15, -0.1) is 11.3 Å². The predicted octanol–water partition coefficient (Wildman–Crippen LogP) is 2.29. The number of carboxylic acid groups (broad SMARTS) is 1. The van der Waals surface area contributed by atoms with Gasteiger partial charge in [0, 0.05) is 4.88 Å². The quantitative estimate of drug-likeness (QED) is 0.916. The Balaban J connectivity index is 2.28. The van der Waals surface area contributed by atoms with Crippen LogP contribution in [0.3, 0.4) is 0 Å². The first kappa shape index (κ1) is 17.1. The first-order valence-corrected chi connectivity index (χ1v) is 9.04. The van der Waals surface area contributed by atoms with Crippen LogP contribution in [-0.4, -0.2) is 39.6 Å². The molecule has 1 aliphatic rings. The number of carboxylic acids is 1. The number of aromatic nitrogens is 2. The molecule has 0 saturated carbocycles. The van der Waals surface area contributed by atoms with Crippen molar-refractivity contribution >= 4 is 27.5 Å². The zero-order valence-corrected chi connectivity index (χ0v) is 15.3. The molecule has 0 spiro atoms. The fourth-order valence-electron chi connectivity index (χ4n) is 3.35. The van der Waals surface area contributed by atoms with Gasteiger partial charge in [-0.3, -0.25) is 9.36 Å². The largest absolute Gasteiger partial charge is 0.480 e. The van der Waals surface area contributed by atoms with E-state index in [2.05, 4.69) is 11.9 Å². The van der Waals surface area contributed by atoms with E-state index >= 15 is 0 Å². The Morgan fingerprint density at radius 1 is 1.50 bits per heavy atom. The van der Waals surface area contributed by atoms with Crippen LogP contribution in [0, 0.1) is 5.92 Å². The summed E-state index contributed by atoms with van der Waals surface area (Å²) < 4.78 is 1.36. The number of carbonyl (C=O) groups is 1. The van der Waals surface area contributed by atoms with Crippen LogP contribution in [0.2, 0.25) is 0 Å². The molecule has 1 N–H and O–H groups in total. The van der Waals surface area contributed by atoms with Crippen LogP contribution >= 0.6 is 11.3 Å². The lowest BCUT2D eigenvalue weighted by Crippen LogP contribution is -2.33.